The van der Waals surface area contributed by atoms with E-state index < -0.39 is 0 Å². The highest BCUT2D eigenvalue weighted by Crippen LogP contribution is 2.36. The third-order valence-electron chi connectivity index (χ3n) is 7.65. The van der Waals surface area contributed by atoms with Gasteiger partial charge in [0.25, 0.3) is 5.56 Å². The first-order valence-corrected chi connectivity index (χ1v) is 13.3. The molecule has 0 aliphatic carbocycles. The molecule has 0 spiro atoms. The Labute approximate surface area is 230 Å². The third kappa shape index (κ3) is 4.22. The van der Waals surface area contributed by atoms with Gasteiger partial charge in [-0.2, -0.15) is 5.10 Å². The van der Waals surface area contributed by atoms with Crippen LogP contribution in [0.3, 0.4) is 0 Å². The standard InChI is InChI=1S/C29H30ClN7O2/c1-16-10-20(17(2)32-23-7-8-24(30)33-27(23)18-6-9-25(38)35(4)13-18)26-21(11-16)29(39)36(5)28-22(26)12-31-37(28)19-14-34(3)15-19/h6-13,17,19,32H,14-15H2,1-5H3. The maximum atomic E-state index is 13.6. The third-order valence-corrected chi connectivity index (χ3v) is 7.86. The van der Waals surface area contributed by atoms with Crippen LogP contribution >= 0.6 is 11.6 Å². The van der Waals surface area contributed by atoms with Gasteiger partial charge in [-0.3, -0.25) is 14.2 Å². The van der Waals surface area contributed by atoms with Crippen LogP contribution in [0.25, 0.3) is 33.1 Å². The van der Waals surface area contributed by atoms with E-state index in [9.17, 15) is 9.59 Å². The zero-order chi connectivity index (χ0) is 27.6. The first-order chi connectivity index (χ1) is 18.6. The van der Waals surface area contributed by atoms with Crippen LogP contribution in [0.5, 0.6) is 0 Å². The van der Waals surface area contributed by atoms with E-state index in [2.05, 4.69) is 35.2 Å². The van der Waals surface area contributed by atoms with Gasteiger partial charge in [-0.25, -0.2) is 9.67 Å². The number of benzene rings is 1. The highest BCUT2D eigenvalue weighted by molar-refractivity contribution is 6.29. The van der Waals surface area contributed by atoms with Crippen molar-refractivity contribution in [3.8, 4) is 11.3 Å². The molecule has 1 aliphatic heterocycles. The number of nitrogens with one attached hydrogen (secondary N) is 1. The molecular formula is C29H30ClN7O2. The predicted octanol–water partition coefficient (Wildman–Crippen LogP) is 4.27. The maximum absolute atomic E-state index is 13.6. The lowest BCUT2D eigenvalue weighted by molar-refractivity contribution is 0.133. The lowest BCUT2D eigenvalue weighted by Gasteiger charge is -2.36. The topological polar surface area (TPSA) is 90.0 Å². The number of likely N-dealkylation sites (N-methyl/N-ethyl adjacent to an activating group) is 1. The van der Waals surface area contributed by atoms with Crippen molar-refractivity contribution >= 4 is 39.1 Å². The van der Waals surface area contributed by atoms with Crippen molar-refractivity contribution < 1.29 is 0 Å². The number of rotatable bonds is 5. The molecule has 1 aromatic carbocycles. The molecule has 0 saturated carbocycles. The van der Waals surface area contributed by atoms with Crippen molar-refractivity contribution in [1.29, 1.82) is 0 Å². The van der Waals surface area contributed by atoms with Gasteiger partial charge in [0.05, 0.1) is 23.6 Å². The van der Waals surface area contributed by atoms with Gasteiger partial charge in [0.1, 0.15) is 10.8 Å². The second kappa shape index (κ2) is 9.36. The molecule has 5 aromatic rings. The van der Waals surface area contributed by atoms with Crippen LogP contribution in [0.4, 0.5) is 5.69 Å². The fourth-order valence-corrected chi connectivity index (χ4v) is 5.82. The fraction of sp³-hybridized carbons (Fsp3) is 0.310. The molecule has 1 fully saturated rings. The lowest BCUT2D eigenvalue weighted by atomic mass is 9.95. The predicted molar refractivity (Wildman–Crippen MR) is 156 cm³/mol. The molecule has 1 N–H and O–H groups in total. The van der Waals surface area contributed by atoms with E-state index in [0.717, 1.165) is 51.9 Å². The first-order valence-electron chi connectivity index (χ1n) is 12.9. The smallest absolute Gasteiger partial charge is 0.259 e. The molecule has 9 nitrogen and oxygen atoms in total. The van der Waals surface area contributed by atoms with Crippen molar-refractivity contribution in [3.63, 3.8) is 0 Å². The van der Waals surface area contributed by atoms with E-state index in [4.69, 9.17) is 16.7 Å². The van der Waals surface area contributed by atoms with Gasteiger partial charge in [0.15, 0.2) is 0 Å². The number of likely N-dealkylation sites (tertiary alicyclic amines) is 1. The Balaban J connectivity index is 1.50. The second-order valence-electron chi connectivity index (χ2n) is 10.6. The number of nitrogens with zero attached hydrogens (tertiary/aromatic N) is 6. The Hall–Kier alpha value is -3.95. The molecule has 0 amide bonds. The molecule has 1 atom stereocenters. The second-order valence-corrected chi connectivity index (χ2v) is 11.0. The summed E-state index contributed by atoms with van der Waals surface area (Å²) in [6.45, 7) is 5.88. The minimum atomic E-state index is -0.185. The summed E-state index contributed by atoms with van der Waals surface area (Å²) in [5, 5.41) is 11.3. The molecule has 1 unspecified atom stereocenters. The average Bonchev–Trinajstić information content (AvgIpc) is 3.32. The van der Waals surface area contributed by atoms with Gasteiger partial charge in [-0.15, -0.1) is 0 Å². The number of aryl methyl sites for hydroxylation is 3. The molecular weight excluding hydrogens is 514 g/mol. The van der Waals surface area contributed by atoms with Gasteiger partial charge in [0, 0.05) is 67.2 Å². The molecule has 1 aliphatic rings. The summed E-state index contributed by atoms with van der Waals surface area (Å²) in [6, 6.07) is 11.0. The zero-order valence-electron chi connectivity index (χ0n) is 22.6. The Morgan fingerprint density at radius 2 is 1.82 bits per heavy atom. The summed E-state index contributed by atoms with van der Waals surface area (Å²) in [5.41, 5.74) is 4.88. The quantitative estimate of drug-likeness (QED) is 0.333. The number of halogens is 1. The Morgan fingerprint density at radius 3 is 2.54 bits per heavy atom. The Kier molecular flexibility index (Phi) is 6.08. The summed E-state index contributed by atoms with van der Waals surface area (Å²) >= 11 is 6.28. The summed E-state index contributed by atoms with van der Waals surface area (Å²) < 4.78 is 5.24. The van der Waals surface area contributed by atoms with E-state index in [1.165, 1.54) is 10.6 Å². The summed E-state index contributed by atoms with van der Waals surface area (Å²) in [6.07, 6.45) is 3.64. The Morgan fingerprint density at radius 1 is 1.05 bits per heavy atom. The number of fused-ring (bicyclic) bond motifs is 3. The maximum Gasteiger partial charge on any atom is 0.259 e. The van der Waals surface area contributed by atoms with Crippen LogP contribution in [0.15, 0.2) is 58.4 Å². The van der Waals surface area contributed by atoms with Crippen LogP contribution in [-0.2, 0) is 14.1 Å². The van der Waals surface area contributed by atoms with Gasteiger partial charge < -0.3 is 14.8 Å². The molecule has 200 valence electrons. The van der Waals surface area contributed by atoms with Crippen LogP contribution in [0, 0.1) is 6.92 Å². The van der Waals surface area contributed by atoms with Crippen molar-refractivity contribution in [2.24, 2.45) is 14.1 Å². The number of aromatic nitrogens is 5. The highest BCUT2D eigenvalue weighted by atomic mass is 35.5. The molecule has 0 radical (unpaired) electrons. The minimum absolute atomic E-state index is 0.0388. The molecule has 39 heavy (non-hydrogen) atoms. The van der Waals surface area contributed by atoms with Crippen LogP contribution in [-0.4, -0.2) is 48.9 Å². The summed E-state index contributed by atoms with van der Waals surface area (Å²) in [4.78, 5) is 32.4. The normalized spacial score (nSPS) is 15.1. The minimum Gasteiger partial charge on any atom is -0.377 e. The SMILES string of the molecule is Cc1cc(C(C)Nc2ccc(Cl)nc2-c2ccc(=O)n(C)c2)c2c(c1)c(=O)n(C)c1c2cnn1C1CN(C)C1. The van der Waals surface area contributed by atoms with Gasteiger partial charge >= 0.3 is 0 Å². The van der Waals surface area contributed by atoms with E-state index in [1.54, 1.807) is 29.9 Å². The van der Waals surface area contributed by atoms with Crippen molar-refractivity contribution in [2.45, 2.75) is 25.9 Å². The van der Waals surface area contributed by atoms with Crippen LogP contribution in [0.2, 0.25) is 5.15 Å². The van der Waals surface area contributed by atoms with Crippen LogP contribution in [0.1, 0.15) is 30.1 Å². The molecule has 4 aromatic heterocycles. The average molecular weight is 544 g/mol. The zero-order valence-corrected chi connectivity index (χ0v) is 23.3. The van der Waals surface area contributed by atoms with Crippen molar-refractivity contribution in [1.82, 2.24) is 28.8 Å². The van der Waals surface area contributed by atoms with E-state index in [0.29, 0.717) is 16.2 Å². The monoisotopic (exact) mass is 543 g/mol. The largest absolute Gasteiger partial charge is 0.377 e. The summed E-state index contributed by atoms with van der Waals surface area (Å²) in [5.74, 6) is 0. The molecule has 1 saturated heterocycles. The lowest BCUT2D eigenvalue weighted by Crippen LogP contribution is -2.45. The number of hydrogen-bond donors (Lipinski definition) is 1. The van der Waals surface area contributed by atoms with E-state index in [1.807, 2.05) is 37.0 Å². The molecule has 10 heteroatoms. The highest BCUT2D eigenvalue weighted by Gasteiger charge is 2.29. The fourth-order valence-electron chi connectivity index (χ4n) is 5.67. The molecule has 5 heterocycles. The van der Waals surface area contributed by atoms with E-state index >= 15 is 0 Å². The Bertz CT molecular complexity index is 1880. The molecule has 6 rings (SSSR count). The van der Waals surface area contributed by atoms with Crippen LogP contribution < -0.4 is 16.4 Å². The number of anilines is 1. The van der Waals surface area contributed by atoms with Crippen molar-refractivity contribution in [2.75, 3.05) is 25.5 Å². The van der Waals surface area contributed by atoms with Gasteiger partial charge in [0.2, 0.25) is 5.56 Å². The number of pyridine rings is 3. The van der Waals surface area contributed by atoms with Gasteiger partial charge in [-0.1, -0.05) is 17.7 Å². The van der Waals surface area contributed by atoms with Crippen molar-refractivity contribution in [3.05, 3.63) is 85.8 Å². The summed E-state index contributed by atoms with van der Waals surface area (Å²) in [7, 11) is 5.62. The first kappa shape index (κ1) is 25.3. The van der Waals surface area contributed by atoms with Gasteiger partial charge in [-0.05, 0) is 56.3 Å². The number of hydrogen-bond acceptors (Lipinski definition) is 6. The van der Waals surface area contributed by atoms with E-state index in [-0.39, 0.29) is 23.2 Å². The molecule has 0 bridgehead atoms.